The fourth-order valence-electron chi connectivity index (χ4n) is 3.12. The predicted octanol–water partition coefficient (Wildman–Crippen LogP) is 3.03. The van der Waals surface area contributed by atoms with E-state index in [0.29, 0.717) is 11.3 Å². The van der Waals surface area contributed by atoms with Crippen LogP contribution in [0, 0.1) is 5.82 Å². The average Bonchev–Trinajstić information content (AvgIpc) is 3.09. The van der Waals surface area contributed by atoms with Gasteiger partial charge < -0.3 is 5.32 Å². The zero-order valence-corrected chi connectivity index (χ0v) is 14.4. The van der Waals surface area contributed by atoms with Crippen molar-refractivity contribution in [2.75, 3.05) is 18.4 Å². The number of rotatable bonds is 6. The summed E-state index contributed by atoms with van der Waals surface area (Å²) in [5, 5.41) is 11.7. The first-order chi connectivity index (χ1) is 12.6. The summed E-state index contributed by atoms with van der Waals surface area (Å²) in [5.41, 5.74) is 3.78. The highest BCUT2D eigenvalue weighted by Crippen LogP contribution is 2.21. The lowest BCUT2D eigenvalue weighted by Crippen LogP contribution is -2.26. The van der Waals surface area contributed by atoms with Gasteiger partial charge in [-0.05, 0) is 35.8 Å². The Morgan fingerprint density at radius 2 is 2.08 bits per heavy atom. The lowest BCUT2D eigenvalue weighted by Gasteiger charge is -2.18. The Hall–Kier alpha value is -2.70. The summed E-state index contributed by atoms with van der Waals surface area (Å²) in [7, 11) is 0. The van der Waals surface area contributed by atoms with Gasteiger partial charge in [-0.25, -0.2) is 9.87 Å². The molecule has 0 bridgehead atoms. The average molecular weight is 355 g/mol. The summed E-state index contributed by atoms with van der Waals surface area (Å²) < 4.78 is 14.3. The summed E-state index contributed by atoms with van der Waals surface area (Å²) in [6, 6.07) is 15.3. The summed E-state index contributed by atoms with van der Waals surface area (Å²) in [6.07, 6.45) is 3.54. The molecule has 1 saturated heterocycles. The molecule has 0 aliphatic carbocycles. The van der Waals surface area contributed by atoms with E-state index in [-0.39, 0.29) is 11.9 Å². The zero-order chi connectivity index (χ0) is 18.4. The van der Waals surface area contributed by atoms with E-state index in [4.69, 9.17) is 5.21 Å². The molecule has 3 rings (SSSR count). The van der Waals surface area contributed by atoms with Crippen molar-refractivity contribution in [3.63, 3.8) is 0 Å². The molecule has 1 aliphatic heterocycles. The van der Waals surface area contributed by atoms with Crippen LogP contribution >= 0.6 is 0 Å². The third-order valence-electron chi connectivity index (χ3n) is 4.41. The van der Waals surface area contributed by atoms with Gasteiger partial charge in [0.1, 0.15) is 5.82 Å². The summed E-state index contributed by atoms with van der Waals surface area (Å²) in [4.78, 5) is 13.3. The highest BCUT2D eigenvalue weighted by Gasteiger charge is 2.23. The van der Waals surface area contributed by atoms with Crippen LogP contribution in [0.5, 0.6) is 0 Å². The van der Waals surface area contributed by atoms with Gasteiger partial charge in [-0.15, -0.1) is 0 Å². The molecule has 5 nitrogen and oxygen atoms in total. The topological polar surface area (TPSA) is 64.6 Å². The highest BCUT2D eigenvalue weighted by atomic mass is 19.1. The molecule has 1 aliphatic rings. The van der Waals surface area contributed by atoms with Crippen molar-refractivity contribution in [3.05, 3.63) is 71.6 Å². The Bertz CT molecular complexity index is 780. The van der Waals surface area contributed by atoms with Crippen LogP contribution in [0.15, 0.2) is 54.6 Å². The van der Waals surface area contributed by atoms with E-state index < -0.39 is 5.91 Å². The van der Waals surface area contributed by atoms with E-state index in [9.17, 15) is 9.18 Å². The predicted molar refractivity (Wildman–Crippen MR) is 99.1 cm³/mol. The van der Waals surface area contributed by atoms with E-state index in [1.807, 2.05) is 18.2 Å². The van der Waals surface area contributed by atoms with Crippen molar-refractivity contribution >= 4 is 17.7 Å². The largest absolute Gasteiger partial charge is 0.379 e. The van der Waals surface area contributed by atoms with Crippen LogP contribution in [0.25, 0.3) is 6.08 Å². The molecule has 1 amide bonds. The summed E-state index contributed by atoms with van der Waals surface area (Å²) in [5.74, 6) is -1.02. The number of halogens is 1. The number of anilines is 1. The number of benzene rings is 2. The minimum Gasteiger partial charge on any atom is -0.379 e. The van der Waals surface area contributed by atoms with E-state index in [0.717, 1.165) is 32.1 Å². The number of nitrogens with zero attached hydrogens (tertiary/aromatic N) is 1. The molecule has 0 spiro atoms. The standard InChI is InChI=1S/C20H22FN3O2/c21-18-12-15(7-9-20(25)23-26)6-8-19(18)22-17-10-11-24(14-17)13-16-4-2-1-3-5-16/h1-9,12,17,22,26H,10-11,13-14H2,(H,23,25)/b9-7+/t17-/m1/s1. The van der Waals surface area contributed by atoms with Gasteiger partial charge in [-0.2, -0.15) is 0 Å². The third kappa shape index (κ3) is 4.91. The molecule has 1 heterocycles. The molecule has 26 heavy (non-hydrogen) atoms. The number of hydrogen-bond acceptors (Lipinski definition) is 4. The number of likely N-dealkylation sites (tertiary alicyclic amines) is 1. The van der Waals surface area contributed by atoms with Crippen LogP contribution in [0.4, 0.5) is 10.1 Å². The molecule has 0 saturated carbocycles. The van der Waals surface area contributed by atoms with Gasteiger partial charge in [0, 0.05) is 31.8 Å². The Morgan fingerprint density at radius 1 is 1.27 bits per heavy atom. The number of carbonyl (C=O) groups is 1. The molecular weight excluding hydrogens is 333 g/mol. The van der Waals surface area contributed by atoms with Crippen LogP contribution in [-0.2, 0) is 11.3 Å². The lowest BCUT2D eigenvalue weighted by molar-refractivity contribution is -0.124. The normalized spacial score (nSPS) is 17.5. The number of hydrogen-bond donors (Lipinski definition) is 3. The minimum absolute atomic E-state index is 0.203. The number of nitrogens with one attached hydrogen (secondary N) is 2. The Kier molecular flexibility index (Phi) is 5.99. The van der Waals surface area contributed by atoms with Crippen LogP contribution in [0.3, 0.4) is 0 Å². The smallest absolute Gasteiger partial charge is 0.267 e. The molecule has 0 radical (unpaired) electrons. The van der Waals surface area contributed by atoms with Gasteiger partial charge >= 0.3 is 0 Å². The number of hydroxylamine groups is 1. The fraction of sp³-hybridized carbons (Fsp3) is 0.250. The molecule has 0 aromatic heterocycles. The van der Waals surface area contributed by atoms with Gasteiger partial charge in [-0.1, -0.05) is 36.4 Å². The van der Waals surface area contributed by atoms with Gasteiger partial charge in [0.15, 0.2) is 0 Å². The second-order valence-electron chi connectivity index (χ2n) is 6.40. The quantitative estimate of drug-likeness (QED) is 0.423. The fourth-order valence-corrected chi connectivity index (χ4v) is 3.12. The van der Waals surface area contributed by atoms with Crippen molar-refractivity contribution in [1.82, 2.24) is 10.4 Å². The molecule has 1 atom stereocenters. The number of amides is 1. The van der Waals surface area contributed by atoms with E-state index >= 15 is 0 Å². The molecule has 136 valence electrons. The van der Waals surface area contributed by atoms with Crippen molar-refractivity contribution in [2.24, 2.45) is 0 Å². The van der Waals surface area contributed by atoms with E-state index in [1.54, 1.807) is 12.1 Å². The summed E-state index contributed by atoms with van der Waals surface area (Å²) in [6.45, 7) is 2.75. The highest BCUT2D eigenvalue weighted by molar-refractivity contribution is 5.90. The van der Waals surface area contributed by atoms with Crippen molar-refractivity contribution in [3.8, 4) is 0 Å². The molecular formula is C20H22FN3O2. The molecule has 2 aromatic rings. The van der Waals surface area contributed by atoms with Crippen LogP contribution < -0.4 is 10.8 Å². The maximum absolute atomic E-state index is 14.3. The Labute approximate surface area is 152 Å². The monoisotopic (exact) mass is 355 g/mol. The third-order valence-corrected chi connectivity index (χ3v) is 4.41. The first-order valence-corrected chi connectivity index (χ1v) is 8.58. The molecule has 6 heteroatoms. The van der Waals surface area contributed by atoms with Gasteiger partial charge in [-0.3, -0.25) is 14.9 Å². The number of carbonyl (C=O) groups excluding carboxylic acids is 1. The van der Waals surface area contributed by atoms with Crippen LogP contribution in [-0.4, -0.2) is 35.1 Å². The van der Waals surface area contributed by atoms with Crippen molar-refractivity contribution < 1.29 is 14.4 Å². The molecule has 1 fully saturated rings. The second kappa shape index (κ2) is 8.60. The molecule has 3 N–H and O–H groups in total. The van der Waals surface area contributed by atoms with Crippen LogP contribution in [0.2, 0.25) is 0 Å². The first kappa shape index (κ1) is 18.1. The van der Waals surface area contributed by atoms with E-state index in [2.05, 4.69) is 22.3 Å². The van der Waals surface area contributed by atoms with Gasteiger partial charge in [0.25, 0.3) is 5.91 Å². The Balaban J connectivity index is 1.56. The SMILES string of the molecule is O=C(/C=C/c1ccc(N[C@@H]2CCN(Cc3ccccc3)C2)c(F)c1)NO. The second-order valence-corrected chi connectivity index (χ2v) is 6.40. The Morgan fingerprint density at radius 3 is 2.81 bits per heavy atom. The van der Waals surface area contributed by atoms with Crippen molar-refractivity contribution in [1.29, 1.82) is 0 Å². The summed E-state index contributed by atoms with van der Waals surface area (Å²) >= 11 is 0. The maximum Gasteiger partial charge on any atom is 0.267 e. The van der Waals surface area contributed by atoms with Crippen LogP contribution in [0.1, 0.15) is 17.5 Å². The van der Waals surface area contributed by atoms with Gasteiger partial charge in [0.2, 0.25) is 0 Å². The lowest BCUT2D eigenvalue weighted by atomic mass is 10.1. The van der Waals surface area contributed by atoms with Crippen molar-refractivity contribution in [2.45, 2.75) is 19.0 Å². The minimum atomic E-state index is -0.655. The molecule has 2 aromatic carbocycles. The maximum atomic E-state index is 14.3. The van der Waals surface area contributed by atoms with E-state index in [1.165, 1.54) is 23.2 Å². The molecule has 0 unspecified atom stereocenters. The first-order valence-electron chi connectivity index (χ1n) is 8.58. The van der Waals surface area contributed by atoms with Gasteiger partial charge in [0.05, 0.1) is 5.69 Å². The zero-order valence-electron chi connectivity index (χ0n) is 14.4.